The fourth-order valence-corrected chi connectivity index (χ4v) is 4.32. The number of ketones is 1. The monoisotopic (exact) mass is 549 g/mol. The van der Waals surface area contributed by atoms with Crippen LogP contribution in [0.2, 0.25) is 0 Å². The number of carbonyl (C=O) groups excluding carboxylic acids is 2. The lowest BCUT2D eigenvalue weighted by molar-refractivity contribution is -0.152. The molecule has 1 saturated heterocycles. The number of para-hydroxylation sites is 1. The van der Waals surface area contributed by atoms with E-state index in [0.29, 0.717) is 36.6 Å². The number of thioether (sulfide) groups is 1. The molecule has 1 heterocycles. The molecular formula is C31H35NO6S. The Hall–Kier alpha value is -3.78. The molecule has 39 heavy (non-hydrogen) atoms. The van der Waals surface area contributed by atoms with Crippen LogP contribution in [0.5, 0.6) is 11.5 Å². The minimum absolute atomic E-state index is 0.0951. The van der Waals surface area contributed by atoms with Gasteiger partial charge in [0.25, 0.3) is 0 Å². The molecule has 1 N–H and O–H groups in total. The van der Waals surface area contributed by atoms with E-state index in [9.17, 15) is 14.4 Å². The second kappa shape index (κ2) is 13.8. The van der Waals surface area contributed by atoms with Gasteiger partial charge in [0.2, 0.25) is 0 Å². The number of amides is 1. The second-order valence-corrected chi connectivity index (χ2v) is 10.5. The number of nitrogens with zero attached hydrogens (tertiary/aromatic N) is 1. The molecule has 1 fully saturated rings. The van der Waals surface area contributed by atoms with E-state index in [4.69, 9.17) is 14.6 Å². The van der Waals surface area contributed by atoms with Crippen LogP contribution in [0.15, 0.2) is 83.8 Å². The van der Waals surface area contributed by atoms with E-state index in [1.165, 1.54) is 19.4 Å². The summed E-state index contributed by atoms with van der Waals surface area (Å²) in [5.74, 6) is 0.0673. The molecule has 7 nitrogen and oxygen atoms in total. The number of carbonyl (C=O) groups is 3. The zero-order valence-electron chi connectivity index (χ0n) is 22.8. The van der Waals surface area contributed by atoms with Crippen LogP contribution in [0.4, 0.5) is 4.79 Å². The summed E-state index contributed by atoms with van der Waals surface area (Å²) in [6, 6.07) is 24.1. The van der Waals surface area contributed by atoms with Gasteiger partial charge in [-0.3, -0.25) is 4.79 Å². The van der Waals surface area contributed by atoms with Crippen LogP contribution in [0.25, 0.3) is 0 Å². The molecule has 1 atom stereocenters. The van der Waals surface area contributed by atoms with Crippen molar-refractivity contribution in [2.45, 2.75) is 44.1 Å². The Balaban J connectivity index is 0.000000242. The highest BCUT2D eigenvalue weighted by Gasteiger charge is 2.32. The van der Waals surface area contributed by atoms with Gasteiger partial charge in [-0.25, -0.2) is 9.59 Å². The fourth-order valence-electron chi connectivity index (χ4n) is 3.92. The molecule has 4 rings (SSSR count). The lowest BCUT2D eigenvalue weighted by Gasteiger charge is -2.21. The summed E-state index contributed by atoms with van der Waals surface area (Å²) >= 11 is 1.65. The Morgan fingerprint density at radius 3 is 2.15 bits per heavy atom. The third kappa shape index (κ3) is 8.61. The van der Waals surface area contributed by atoms with Crippen LogP contribution in [0.3, 0.4) is 0 Å². The van der Waals surface area contributed by atoms with Crippen molar-refractivity contribution >= 4 is 29.6 Å². The van der Waals surface area contributed by atoms with Gasteiger partial charge in [-0.2, -0.15) is 0 Å². The highest BCUT2D eigenvalue weighted by molar-refractivity contribution is 7.98. The molecule has 0 aliphatic carbocycles. The van der Waals surface area contributed by atoms with Gasteiger partial charge in [0.15, 0.2) is 11.4 Å². The standard InChI is InChI=1S/C19H19NO3S.C12H16O3/c1-24-17-9-7-14(8-10-17)18(21)15-11-12-20(13-15)19(22)23-16-5-3-2-4-6-16;1-4-9-5-7-10(8-6-9)15-12(2,3)11(13)14/h2-10,15H,11-13H2,1H3;5-8H,4H2,1-3H3,(H,13,14). The van der Waals surface area contributed by atoms with E-state index in [0.717, 1.165) is 11.3 Å². The summed E-state index contributed by atoms with van der Waals surface area (Å²) in [6.45, 7) is 6.09. The number of carboxylic acids is 1. The van der Waals surface area contributed by atoms with Crippen molar-refractivity contribution in [2.24, 2.45) is 5.92 Å². The maximum absolute atomic E-state index is 12.6. The van der Waals surface area contributed by atoms with Gasteiger partial charge < -0.3 is 19.5 Å². The third-order valence-electron chi connectivity index (χ3n) is 6.36. The first-order valence-electron chi connectivity index (χ1n) is 12.8. The molecule has 0 aromatic heterocycles. The van der Waals surface area contributed by atoms with Crippen LogP contribution in [-0.4, -0.2) is 52.8 Å². The fraction of sp³-hybridized carbons (Fsp3) is 0.323. The van der Waals surface area contributed by atoms with E-state index in [-0.39, 0.29) is 11.7 Å². The molecule has 206 valence electrons. The SMILES string of the molecule is CCc1ccc(OC(C)(C)C(=O)O)cc1.CSc1ccc(C(=O)C2CCN(C(=O)Oc3ccccc3)C2)cc1. The Morgan fingerprint density at radius 2 is 1.59 bits per heavy atom. The molecule has 0 radical (unpaired) electrons. The minimum atomic E-state index is -1.19. The first-order chi connectivity index (χ1) is 18.6. The Labute approximate surface area is 234 Å². The molecule has 1 aliphatic rings. The van der Waals surface area contributed by atoms with Crippen LogP contribution in [-0.2, 0) is 11.2 Å². The maximum Gasteiger partial charge on any atom is 0.415 e. The van der Waals surface area contributed by atoms with Gasteiger partial charge in [-0.1, -0.05) is 49.4 Å². The largest absolute Gasteiger partial charge is 0.478 e. The molecule has 0 saturated carbocycles. The molecular weight excluding hydrogens is 514 g/mol. The normalized spacial score (nSPS) is 14.7. The molecule has 0 bridgehead atoms. The van der Waals surface area contributed by atoms with Gasteiger partial charge in [0, 0.05) is 29.5 Å². The van der Waals surface area contributed by atoms with E-state index in [1.54, 1.807) is 40.9 Å². The summed E-state index contributed by atoms with van der Waals surface area (Å²) in [6.07, 6.45) is 3.24. The predicted molar refractivity (Wildman–Crippen MR) is 153 cm³/mol. The number of carboxylic acid groups (broad SMARTS) is 1. The summed E-state index contributed by atoms with van der Waals surface area (Å²) in [5, 5.41) is 8.88. The van der Waals surface area contributed by atoms with Gasteiger partial charge in [-0.15, -0.1) is 11.8 Å². The van der Waals surface area contributed by atoms with Crippen molar-refractivity contribution in [1.82, 2.24) is 4.90 Å². The zero-order chi connectivity index (χ0) is 28.4. The number of rotatable bonds is 8. The average Bonchev–Trinajstić information content (AvgIpc) is 3.44. The first-order valence-corrected chi connectivity index (χ1v) is 14.1. The topological polar surface area (TPSA) is 93.1 Å². The molecule has 3 aromatic carbocycles. The zero-order valence-corrected chi connectivity index (χ0v) is 23.6. The van der Waals surface area contributed by atoms with Crippen molar-refractivity contribution in [3.63, 3.8) is 0 Å². The van der Waals surface area contributed by atoms with Gasteiger partial charge in [0.05, 0.1) is 0 Å². The summed E-state index contributed by atoms with van der Waals surface area (Å²) < 4.78 is 10.7. The summed E-state index contributed by atoms with van der Waals surface area (Å²) in [7, 11) is 0. The molecule has 1 amide bonds. The Kier molecular flexibility index (Phi) is 10.6. The van der Waals surface area contributed by atoms with E-state index in [2.05, 4.69) is 6.92 Å². The van der Waals surface area contributed by atoms with Gasteiger partial charge in [-0.05, 0) is 74.9 Å². The predicted octanol–water partition coefficient (Wildman–Crippen LogP) is 6.60. The number of hydrogen-bond acceptors (Lipinski definition) is 6. The van der Waals surface area contributed by atoms with Gasteiger partial charge in [0.1, 0.15) is 11.5 Å². The van der Waals surface area contributed by atoms with Crippen LogP contribution >= 0.6 is 11.8 Å². The highest BCUT2D eigenvalue weighted by Crippen LogP contribution is 2.24. The third-order valence-corrected chi connectivity index (χ3v) is 7.10. The number of hydrogen-bond donors (Lipinski definition) is 1. The van der Waals surface area contributed by atoms with Crippen LogP contribution < -0.4 is 9.47 Å². The molecule has 1 aliphatic heterocycles. The Morgan fingerprint density at radius 1 is 0.949 bits per heavy atom. The van der Waals surface area contributed by atoms with Gasteiger partial charge >= 0.3 is 12.1 Å². The second-order valence-electron chi connectivity index (χ2n) is 9.62. The van der Waals surface area contributed by atoms with E-state index in [1.807, 2.05) is 60.9 Å². The van der Waals surface area contributed by atoms with Crippen molar-refractivity contribution in [3.05, 3.63) is 90.0 Å². The molecule has 3 aromatic rings. The van der Waals surface area contributed by atoms with Crippen molar-refractivity contribution in [3.8, 4) is 11.5 Å². The number of aliphatic carboxylic acids is 1. The highest BCUT2D eigenvalue weighted by atomic mass is 32.2. The number of Topliss-reactive ketones (excluding diaryl/α,β-unsaturated/α-hetero) is 1. The van der Waals surface area contributed by atoms with Crippen molar-refractivity contribution < 1.29 is 29.0 Å². The minimum Gasteiger partial charge on any atom is -0.478 e. The van der Waals surface area contributed by atoms with Crippen LogP contribution in [0.1, 0.15) is 43.1 Å². The molecule has 1 unspecified atom stereocenters. The summed E-state index contributed by atoms with van der Waals surface area (Å²) in [5.41, 5.74) is 0.722. The number of likely N-dealkylation sites (tertiary alicyclic amines) is 1. The first kappa shape index (κ1) is 29.8. The molecule has 0 spiro atoms. The smallest absolute Gasteiger partial charge is 0.415 e. The Bertz CT molecular complexity index is 1240. The number of benzene rings is 3. The maximum atomic E-state index is 12.6. The van der Waals surface area contributed by atoms with Crippen molar-refractivity contribution in [2.75, 3.05) is 19.3 Å². The summed E-state index contributed by atoms with van der Waals surface area (Å²) in [4.78, 5) is 38.3. The lowest BCUT2D eigenvalue weighted by atomic mass is 9.97. The van der Waals surface area contributed by atoms with Crippen LogP contribution in [0, 0.1) is 5.92 Å². The lowest BCUT2D eigenvalue weighted by Crippen LogP contribution is -2.37. The van der Waals surface area contributed by atoms with E-state index < -0.39 is 17.7 Å². The number of ether oxygens (including phenoxy) is 2. The number of aryl methyl sites for hydroxylation is 1. The van der Waals surface area contributed by atoms with Crippen molar-refractivity contribution in [1.29, 1.82) is 0 Å². The molecule has 8 heteroatoms. The van der Waals surface area contributed by atoms with E-state index >= 15 is 0 Å². The quantitative estimate of drug-likeness (QED) is 0.250. The average molecular weight is 550 g/mol.